The molecule has 0 aliphatic heterocycles. The monoisotopic (exact) mass is 437 g/mol. The van der Waals surface area contributed by atoms with Gasteiger partial charge in [-0.3, -0.25) is 0 Å². The van der Waals surface area contributed by atoms with E-state index < -0.39 is 0 Å². The van der Waals surface area contributed by atoms with Gasteiger partial charge in [0.25, 0.3) is 0 Å². The lowest BCUT2D eigenvalue weighted by molar-refractivity contribution is 0.212. The van der Waals surface area contributed by atoms with Gasteiger partial charge in [-0.05, 0) is 87.3 Å². The third-order valence-electron chi connectivity index (χ3n) is 5.38. The fourth-order valence-electron chi connectivity index (χ4n) is 3.63. The van der Waals surface area contributed by atoms with E-state index in [9.17, 15) is 0 Å². The zero-order chi connectivity index (χ0) is 23.2. The predicted molar refractivity (Wildman–Crippen MR) is 134 cm³/mol. The van der Waals surface area contributed by atoms with Gasteiger partial charge in [-0.15, -0.1) is 0 Å². The molecule has 4 nitrogen and oxygen atoms in total. The lowest BCUT2D eigenvalue weighted by atomic mass is 10.0. The van der Waals surface area contributed by atoms with Crippen LogP contribution in [0.25, 0.3) is 0 Å². The Kier molecular flexibility index (Phi) is 11.4. The van der Waals surface area contributed by atoms with Crippen molar-refractivity contribution in [3.05, 3.63) is 70.8 Å². The van der Waals surface area contributed by atoms with Gasteiger partial charge in [-0.25, -0.2) is 0 Å². The van der Waals surface area contributed by atoms with Crippen molar-refractivity contribution in [2.24, 2.45) is 5.16 Å². The molecular weight excluding hydrogens is 398 g/mol. The van der Waals surface area contributed by atoms with E-state index in [1.807, 2.05) is 19.1 Å². The predicted octanol–water partition coefficient (Wildman–Crippen LogP) is 7.20. The molecule has 2 rings (SSSR count). The van der Waals surface area contributed by atoms with Gasteiger partial charge in [0, 0.05) is 0 Å². The highest BCUT2D eigenvalue weighted by atomic mass is 16.6. The highest BCUT2D eigenvalue weighted by Gasteiger charge is 2.08. The second-order valence-electron chi connectivity index (χ2n) is 8.09. The van der Waals surface area contributed by atoms with E-state index in [4.69, 9.17) is 14.3 Å². The summed E-state index contributed by atoms with van der Waals surface area (Å²) >= 11 is 0. The average molecular weight is 438 g/mol. The second kappa shape index (κ2) is 14.3. The van der Waals surface area contributed by atoms with Crippen molar-refractivity contribution >= 4 is 5.71 Å². The summed E-state index contributed by atoms with van der Waals surface area (Å²) in [5.74, 6) is 1.87. The number of unbranched alkanes of at least 4 members (excludes halogenated alkanes) is 2. The van der Waals surface area contributed by atoms with Crippen LogP contribution in [0.15, 0.2) is 53.7 Å². The molecule has 174 valence electrons. The quantitative estimate of drug-likeness (QED) is 0.136. The van der Waals surface area contributed by atoms with Gasteiger partial charge in [-0.2, -0.15) is 0 Å². The molecular formula is C28H39NO3. The molecule has 0 saturated heterocycles. The van der Waals surface area contributed by atoms with E-state index in [2.05, 4.69) is 62.3 Å². The first-order valence-corrected chi connectivity index (χ1v) is 11.8. The Labute approximate surface area is 194 Å². The molecule has 0 fully saturated rings. The van der Waals surface area contributed by atoms with Crippen LogP contribution in [0.4, 0.5) is 0 Å². The normalized spacial score (nSPS) is 11.7. The molecule has 0 radical (unpaired) electrons. The minimum atomic E-state index is 0.593. The standard InChI is InChI=1S/C28H39NO3/c1-6-8-13-27(29-30-5)25-16-14-24(15-17-25)12-10-11-19-32-28-22(3)20-26(21-23(28)4)31-18-9-7-2/h7,9,14-17,20-21H,6,8,10-13,18-19H2,1-5H3/b9-7+,29-27?. The zero-order valence-corrected chi connectivity index (χ0v) is 20.4. The number of allylic oxidation sites excluding steroid dienone is 1. The Morgan fingerprint density at radius 1 is 0.969 bits per heavy atom. The first-order chi connectivity index (χ1) is 15.6. The van der Waals surface area contributed by atoms with Crippen LogP contribution >= 0.6 is 0 Å². The summed E-state index contributed by atoms with van der Waals surface area (Å²) in [6.07, 6.45) is 10.4. The maximum Gasteiger partial charge on any atom is 0.125 e. The Morgan fingerprint density at radius 3 is 2.31 bits per heavy atom. The summed E-state index contributed by atoms with van der Waals surface area (Å²) in [6.45, 7) is 9.65. The molecule has 0 atom stereocenters. The molecule has 0 aliphatic rings. The molecule has 0 unspecified atom stereocenters. The van der Waals surface area contributed by atoms with Gasteiger partial charge in [0.2, 0.25) is 0 Å². The van der Waals surface area contributed by atoms with Crippen molar-refractivity contribution in [3.8, 4) is 11.5 Å². The third kappa shape index (κ3) is 8.41. The fraction of sp³-hybridized carbons (Fsp3) is 0.464. The zero-order valence-electron chi connectivity index (χ0n) is 20.4. The van der Waals surface area contributed by atoms with Crippen LogP contribution in [0.2, 0.25) is 0 Å². The number of aryl methyl sites for hydroxylation is 3. The van der Waals surface area contributed by atoms with Crippen molar-refractivity contribution in [2.75, 3.05) is 20.3 Å². The number of hydrogen-bond acceptors (Lipinski definition) is 4. The maximum atomic E-state index is 6.10. The number of benzene rings is 2. The smallest absolute Gasteiger partial charge is 0.125 e. The Morgan fingerprint density at radius 2 is 1.69 bits per heavy atom. The Balaban J connectivity index is 1.79. The molecule has 0 bridgehead atoms. The summed E-state index contributed by atoms with van der Waals surface area (Å²) in [7, 11) is 1.61. The number of ether oxygens (including phenoxy) is 2. The van der Waals surface area contributed by atoms with E-state index in [1.165, 1.54) is 5.56 Å². The minimum Gasteiger partial charge on any atom is -0.493 e. The molecule has 0 aliphatic carbocycles. The van der Waals surface area contributed by atoms with Crippen molar-refractivity contribution in [3.63, 3.8) is 0 Å². The van der Waals surface area contributed by atoms with Gasteiger partial charge in [-0.1, -0.05) is 54.9 Å². The van der Waals surface area contributed by atoms with Gasteiger partial charge in [0.15, 0.2) is 0 Å². The minimum absolute atomic E-state index is 0.593. The van der Waals surface area contributed by atoms with E-state index in [1.54, 1.807) is 7.11 Å². The second-order valence-corrected chi connectivity index (χ2v) is 8.09. The molecule has 0 spiro atoms. The van der Waals surface area contributed by atoms with Crippen LogP contribution in [0.1, 0.15) is 68.2 Å². The van der Waals surface area contributed by atoms with Gasteiger partial charge >= 0.3 is 0 Å². The van der Waals surface area contributed by atoms with Crippen molar-refractivity contribution in [2.45, 2.75) is 66.2 Å². The molecule has 0 N–H and O–H groups in total. The summed E-state index contributed by atoms with van der Waals surface area (Å²) in [4.78, 5) is 5.02. The number of rotatable bonds is 14. The topological polar surface area (TPSA) is 40.0 Å². The molecule has 0 saturated carbocycles. The molecule has 0 amide bonds. The summed E-state index contributed by atoms with van der Waals surface area (Å²) in [5, 5.41) is 4.20. The highest BCUT2D eigenvalue weighted by Crippen LogP contribution is 2.28. The lowest BCUT2D eigenvalue weighted by Crippen LogP contribution is -2.03. The van der Waals surface area contributed by atoms with Crippen LogP contribution in [0.3, 0.4) is 0 Å². The largest absolute Gasteiger partial charge is 0.493 e. The van der Waals surface area contributed by atoms with Crippen LogP contribution in [0, 0.1) is 13.8 Å². The van der Waals surface area contributed by atoms with Crippen molar-refractivity contribution < 1.29 is 14.3 Å². The van der Waals surface area contributed by atoms with Gasteiger partial charge in [0.1, 0.15) is 25.2 Å². The van der Waals surface area contributed by atoms with Crippen molar-refractivity contribution in [1.82, 2.24) is 0 Å². The van der Waals surface area contributed by atoms with E-state index in [-0.39, 0.29) is 0 Å². The van der Waals surface area contributed by atoms with E-state index in [0.717, 1.165) is 79.0 Å². The maximum absolute atomic E-state index is 6.10. The Bertz CT molecular complexity index is 846. The SMILES string of the molecule is C/C=C/COc1cc(C)c(OCCCCc2ccc(C(CCCC)=NOC)cc2)c(C)c1. The van der Waals surface area contributed by atoms with Crippen LogP contribution < -0.4 is 9.47 Å². The highest BCUT2D eigenvalue weighted by molar-refractivity contribution is 6.00. The van der Waals surface area contributed by atoms with Crippen LogP contribution in [-0.4, -0.2) is 26.0 Å². The lowest BCUT2D eigenvalue weighted by Gasteiger charge is -2.14. The first-order valence-electron chi connectivity index (χ1n) is 11.8. The average Bonchev–Trinajstić information content (AvgIpc) is 2.78. The van der Waals surface area contributed by atoms with Crippen molar-refractivity contribution in [1.29, 1.82) is 0 Å². The molecule has 2 aromatic rings. The molecule has 0 aromatic heterocycles. The van der Waals surface area contributed by atoms with Gasteiger partial charge in [0.05, 0.1) is 12.3 Å². The number of hydrogen-bond donors (Lipinski definition) is 0. The number of oxime groups is 1. The third-order valence-corrected chi connectivity index (χ3v) is 5.38. The first kappa shape index (κ1) is 25.5. The fourth-order valence-corrected chi connectivity index (χ4v) is 3.63. The van der Waals surface area contributed by atoms with E-state index in [0.29, 0.717) is 6.61 Å². The number of nitrogens with zero attached hydrogens (tertiary/aromatic N) is 1. The van der Waals surface area contributed by atoms with E-state index >= 15 is 0 Å². The Hall–Kier alpha value is -2.75. The summed E-state index contributed by atoms with van der Waals surface area (Å²) < 4.78 is 11.9. The summed E-state index contributed by atoms with van der Waals surface area (Å²) in [6, 6.07) is 12.8. The summed E-state index contributed by atoms with van der Waals surface area (Å²) in [5.41, 5.74) is 5.76. The van der Waals surface area contributed by atoms with Crippen LogP contribution in [0.5, 0.6) is 11.5 Å². The van der Waals surface area contributed by atoms with Gasteiger partial charge < -0.3 is 14.3 Å². The molecule has 0 heterocycles. The molecule has 4 heteroatoms. The molecule has 2 aromatic carbocycles. The van der Waals surface area contributed by atoms with Crippen LogP contribution in [-0.2, 0) is 11.3 Å². The molecule has 32 heavy (non-hydrogen) atoms.